The summed E-state index contributed by atoms with van der Waals surface area (Å²) in [7, 11) is 1.54. The lowest BCUT2D eigenvalue weighted by Crippen LogP contribution is -2.52. The van der Waals surface area contributed by atoms with Crippen molar-refractivity contribution in [3.63, 3.8) is 0 Å². The van der Waals surface area contributed by atoms with Crippen molar-refractivity contribution < 1.29 is 9.59 Å². The summed E-state index contributed by atoms with van der Waals surface area (Å²) in [4.78, 5) is 24.0. The van der Waals surface area contributed by atoms with Crippen molar-refractivity contribution in [3.05, 3.63) is 28.2 Å². The first kappa shape index (κ1) is 18.6. The molecule has 1 aromatic carbocycles. The second-order valence-corrected chi connectivity index (χ2v) is 6.15. The number of likely N-dealkylation sites (N-methyl/N-ethyl adjacent to an activating group) is 1. The third-order valence-corrected chi connectivity index (χ3v) is 3.93. The average molecular weight is 346 g/mol. The highest BCUT2D eigenvalue weighted by Crippen LogP contribution is 2.25. The fraction of sp³-hybridized carbons (Fsp3) is 0.467. The van der Waals surface area contributed by atoms with E-state index in [1.807, 2.05) is 13.8 Å². The molecule has 1 aromatic rings. The number of carbonyl (C=O) groups excluding carboxylic acids is 2. The normalized spacial score (nSPS) is 13.4. The monoisotopic (exact) mass is 345 g/mol. The molecule has 1 rings (SSSR count). The minimum atomic E-state index is -0.574. The lowest BCUT2D eigenvalue weighted by molar-refractivity contribution is -0.129. The van der Waals surface area contributed by atoms with Crippen LogP contribution in [0.2, 0.25) is 10.0 Å². The molecule has 22 heavy (non-hydrogen) atoms. The van der Waals surface area contributed by atoms with Gasteiger partial charge in [0.05, 0.1) is 10.0 Å². The molecule has 0 saturated heterocycles. The van der Waals surface area contributed by atoms with Crippen molar-refractivity contribution >= 4 is 40.7 Å². The van der Waals surface area contributed by atoms with Crippen molar-refractivity contribution in [2.24, 2.45) is 5.92 Å². The first-order chi connectivity index (χ1) is 10.3. The first-order valence-electron chi connectivity index (χ1n) is 6.99. The highest BCUT2D eigenvalue weighted by Gasteiger charge is 2.25. The summed E-state index contributed by atoms with van der Waals surface area (Å²) in [6, 6.07) is 3.93. The second kappa shape index (κ2) is 8.25. The summed E-state index contributed by atoms with van der Waals surface area (Å²) in [6.07, 6.45) is 0. The van der Waals surface area contributed by atoms with E-state index in [0.717, 1.165) is 0 Å². The molecule has 7 heteroatoms. The summed E-state index contributed by atoms with van der Waals surface area (Å²) in [5, 5.41) is 9.17. The summed E-state index contributed by atoms with van der Waals surface area (Å²) in [5.74, 6) is -0.500. The average Bonchev–Trinajstić information content (AvgIpc) is 2.47. The van der Waals surface area contributed by atoms with E-state index in [1.165, 1.54) is 0 Å². The van der Waals surface area contributed by atoms with E-state index in [9.17, 15) is 9.59 Å². The first-order valence-corrected chi connectivity index (χ1v) is 7.75. The lowest BCUT2D eigenvalue weighted by atomic mass is 10.0. The summed E-state index contributed by atoms with van der Waals surface area (Å²) in [5.41, 5.74) is 0.679. The van der Waals surface area contributed by atoms with Gasteiger partial charge in [0.25, 0.3) is 0 Å². The van der Waals surface area contributed by atoms with Crippen molar-refractivity contribution in [2.45, 2.75) is 32.9 Å². The van der Waals surface area contributed by atoms with Crippen molar-refractivity contribution in [3.8, 4) is 0 Å². The molecule has 0 fully saturated rings. The topological polar surface area (TPSA) is 70.2 Å². The fourth-order valence-corrected chi connectivity index (χ4v) is 2.17. The molecule has 2 atom stereocenters. The van der Waals surface area contributed by atoms with Crippen LogP contribution in [-0.2, 0) is 9.59 Å². The molecule has 0 aliphatic carbocycles. The number of halogens is 2. The van der Waals surface area contributed by atoms with Gasteiger partial charge >= 0.3 is 0 Å². The van der Waals surface area contributed by atoms with Crippen LogP contribution in [0.3, 0.4) is 0 Å². The smallest absolute Gasteiger partial charge is 0.242 e. The minimum absolute atomic E-state index is 0.0129. The Kier molecular flexibility index (Phi) is 6.97. The highest BCUT2D eigenvalue weighted by molar-refractivity contribution is 6.42. The molecule has 0 spiro atoms. The number of carbonyl (C=O) groups is 2. The largest absolute Gasteiger partial charge is 0.374 e. The quantitative estimate of drug-likeness (QED) is 0.742. The highest BCUT2D eigenvalue weighted by atomic mass is 35.5. The lowest BCUT2D eigenvalue weighted by Gasteiger charge is -2.23. The zero-order valence-corrected chi connectivity index (χ0v) is 14.5. The molecule has 2 amide bonds. The molecule has 122 valence electrons. The number of benzene rings is 1. The Balaban J connectivity index is 2.71. The Morgan fingerprint density at radius 2 is 1.68 bits per heavy atom. The predicted molar refractivity (Wildman–Crippen MR) is 90.4 cm³/mol. The van der Waals surface area contributed by atoms with Crippen LogP contribution in [0.5, 0.6) is 0 Å². The zero-order chi connectivity index (χ0) is 16.9. The van der Waals surface area contributed by atoms with Gasteiger partial charge in [0.2, 0.25) is 11.8 Å². The van der Waals surface area contributed by atoms with Gasteiger partial charge < -0.3 is 16.0 Å². The van der Waals surface area contributed by atoms with Gasteiger partial charge in [0.1, 0.15) is 12.1 Å². The van der Waals surface area contributed by atoms with E-state index < -0.39 is 12.1 Å². The van der Waals surface area contributed by atoms with Crippen molar-refractivity contribution in [1.82, 2.24) is 10.6 Å². The fourth-order valence-electron chi connectivity index (χ4n) is 1.87. The molecule has 0 heterocycles. The molecule has 0 bridgehead atoms. The summed E-state index contributed by atoms with van der Waals surface area (Å²) in [6.45, 7) is 5.45. The number of anilines is 1. The third-order valence-electron chi connectivity index (χ3n) is 3.19. The Hall–Kier alpha value is -1.46. The van der Waals surface area contributed by atoms with Gasteiger partial charge in [-0.15, -0.1) is 0 Å². The van der Waals surface area contributed by atoms with Gasteiger partial charge in [-0.05, 0) is 31.0 Å². The van der Waals surface area contributed by atoms with Gasteiger partial charge in [-0.3, -0.25) is 9.59 Å². The van der Waals surface area contributed by atoms with Crippen molar-refractivity contribution in [1.29, 1.82) is 0 Å². The van der Waals surface area contributed by atoms with Crippen molar-refractivity contribution in [2.75, 3.05) is 12.4 Å². The molecular weight excluding hydrogens is 325 g/mol. The molecule has 5 nitrogen and oxygen atoms in total. The maximum atomic E-state index is 12.2. The molecule has 0 aliphatic heterocycles. The summed E-state index contributed by atoms with van der Waals surface area (Å²) < 4.78 is 0. The Labute approximate surface area is 140 Å². The Morgan fingerprint density at radius 3 is 2.18 bits per heavy atom. The van der Waals surface area contributed by atoms with E-state index in [-0.39, 0.29) is 17.7 Å². The predicted octanol–water partition coefficient (Wildman–Crippen LogP) is 2.68. The number of hydrogen-bond donors (Lipinski definition) is 3. The maximum absolute atomic E-state index is 12.2. The van der Waals surface area contributed by atoms with E-state index in [0.29, 0.717) is 15.7 Å². The van der Waals surface area contributed by atoms with Crippen LogP contribution in [0, 0.1) is 5.92 Å². The van der Waals surface area contributed by atoms with Gasteiger partial charge in [-0.2, -0.15) is 0 Å². The summed E-state index contributed by atoms with van der Waals surface area (Å²) >= 11 is 11.8. The van der Waals surface area contributed by atoms with Gasteiger partial charge in [-0.25, -0.2) is 0 Å². The molecule has 3 N–H and O–H groups in total. The molecular formula is C15H21Cl2N3O2. The van der Waals surface area contributed by atoms with Crippen LogP contribution >= 0.6 is 23.2 Å². The molecule has 0 aliphatic rings. The molecule has 0 aromatic heterocycles. The number of rotatable bonds is 6. The Bertz CT molecular complexity index is 550. The number of nitrogens with one attached hydrogen (secondary N) is 3. The third kappa shape index (κ3) is 5.07. The maximum Gasteiger partial charge on any atom is 0.242 e. The molecule has 0 radical (unpaired) electrons. The van der Waals surface area contributed by atoms with Crippen LogP contribution in [-0.4, -0.2) is 30.9 Å². The van der Waals surface area contributed by atoms with Crippen LogP contribution in [0.4, 0.5) is 5.69 Å². The molecule has 0 saturated carbocycles. The van der Waals surface area contributed by atoms with Gasteiger partial charge in [0, 0.05) is 12.7 Å². The SMILES string of the molecule is CNC(=O)[C@@H](NC(=O)[C@H](C)Nc1ccc(Cl)c(Cl)c1)C(C)C. The zero-order valence-electron chi connectivity index (χ0n) is 13.0. The van der Waals surface area contributed by atoms with Crippen LogP contribution in [0.15, 0.2) is 18.2 Å². The van der Waals surface area contributed by atoms with Gasteiger partial charge in [-0.1, -0.05) is 37.0 Å². The van der Waals surface area contributed by atoms with E-state index >= 15 is 0 Å². The number of amides is 2. The van der Waals surface area contributed by atoms with Crippen LogP contribution in [0.25, 0.3) is 0 Å². The standard InChI is InChI=1S/C15H21Cl2N3O2/c1-8(2)13(15(22)18-4)20-14(21)9(3)19-10-5-6-11(16)12(17)7-10/h5-9,13,19H,1-4H3,(H,18,22)(H,20,21)/t9-,13-/m0/s1. The number of hydrogen-bond acceptors (Lipinski definition) is 3. The van der Waals surface area contributed by atoms with E-state index in [4.69, 9.17) is 23.2 Å². The van der Waals surface area contributed by atoms with Crippen LogP contribution in [0.1, 0.15) is 20.8 Å². The second-order valence-electron chi connectivity index (χ2n) is 5.34. The van der Waals surface area contributed by atoms with E-state index in [2.05, 4.69) is 16.0 Å². The van der Waals surface area contributed by atoms with Crippen LogP contribution < -0.4 is 16.0 Å². The van der Waals surface area contributed by atoms with Gasteiger partial charge in [0.15, 0.2) is 0 Å². The minimum Gasteiger partial charge on any atom is -0.374 e. The Morgan fingerprint density at radius 1 is 1.05 bits per heavy atom. The van der Waals surface area contributed by atoms with E-state index in [1.54, 1.807) is 32.2 Å². The molecule has 0 unspecified atom stereocenters.